The van der Waals surface area contributed by atoms with Gasteiger partial charge in [0.15, 0.2) is 0 Å². The average molecular weight is 282 g/mol. The number of nitrogens with zero attached hydrogens (tertiary/aromatic N) is 1. The Morgan fingerprint density at radius 3 is 2.40 bits per heavy atom. The van der Waals surface area contributed by atoms with Crippen molar-refractivity contribution in [3.8, 4) is 0 Å². The topological polar surface area (TPSA) is 58.6 Å². The van der Waals surface area contributed by atoms with Crippen LogP contribution >= 0.6 is 0 Å². The van der Waals surface area contributed by atoms with Crippen LogP contribution < -0.4 is 5.32 Å². The van der Waals surface area contributed by atoms with E-state index in [9.17, 15) is 9.59 Å². The van der Waals surface area contributed by atoms with Crippen molar-refractivity contribution >= 4 is 11.8 Å². The quantitative estimate of drug-likeness (QED) is 0.827. The van der Waals surface area contributed by atoms with E-state index in [2.05, 4.69) is 5.32 Å². The zero-order valence-corrected chi connectivity index (χ0v) is 13.2. The largest absolute Gasteiger partial charge is 0.377 e. The van der Waals surface area contributed by atoms with Crippen LogP contribution in [0.25, 0.3) is 0 Å². The highest BCUT2D eigenvalue weighted by Gasteiger charge is 2.58. The number of carbonyl (C=O) groups is 2. The van der Waals surface area contributed by atoms with E-state index >= 15 is 0 Å². The Balaban J connectivity index is 2.20. The van der Waals surface area contributed by atoms with Crippen LogP contribution in [0.2, 0.25) is 0 Å². The van der Waals surface area contributed by atoms with Gasteiger partial charge in [-0.3, -0.25) is 9.59 Å². The average Bonchev–Trinajstić information content (AvgIpc) is 3.14. The van der Waals surface area contributed by atoms with Crippen molar-refractivity contribution in [2.75, 3.05) is 13.2 Å². The molecule has 1 aliphatic heterocycles. The summed E-state index contributed by atoms with van der Waals surface area (Å²) in [6.45, 7) is 10.3. The summed E-state index contributed by atoms with van der Waals surface area (Å²) in [7, 11) is 0. The zero-order chi connectivity index (χ0) is 15.1. The summed E-state index contributed by atoms with van der Waals surface area (Å²) in [6, 6.07) is 0. The summed E-state index contributed by atoms with van der Waals surface area (Å²) >= 11 is 0. The van der Waals surface area contributed by atoms with Crippen molar-refractivity contribution in [1.29, 1.82) is 0 Å². The number of amides is 2. The smallest absolute Gasteiger partial charge is 0.248 e. The lowest BCUT2D eigenvalue weighted by Crippen LogP contribution is -2.74. The number of ether oxygens (including phenoxy) is 1. The van der Waals surface area contributed by atoms with Gasteiger partial charge in [-0.25, -0.2) is 0 Å². The number of piperazine rings is 1. The molecule has 0 spiro atoms. The second kappa shape index (κ2) is 5.02. The molecule has 2 aliphatic rings. The van der Waals surface area contributed by atoms with Gasteiger partial charge in [-0.2, -0.15) is 0 Å². The molecule has 1 heterocycles. The third-order valence-electron chi connectivity index (χ3n) is 4.36. The van der Waals surface area contributed by atoms with Gasteiger partial charge in [-0.15, -0.1) is 0 Å². The number of nitrogens with one attached hydrogen (secondary N) is 1. The number of hydrogen-bond donors (Lipinski definition) is 1. The maximum atomic E-state index is 12.7. The van der Waals surface area contributed by atoms with Gasteiger partial charge in [0, 0.05) is 6.54 Å². The van der Waals surface area contributed by atoms with Crippen molar-refractivity contribution in [1.82, 2.24) is 10.2 Å². The summed E-state index contributed by atoms with van der Waals surface area (Å²) in [5.41, 5.74) is -1.55. The Labute approximate surface area is 121 Å². The molecule has 1 unspecified atom stereocenters. The molecule has 0 aromatic carbocycles. The molecule has 0 aromatic heterocycles. The van der Waals surface area contributed by atoms with E-state index in [1.807, 2.05) is 20.8 Å². The summed E-state index contributed by atoms with van der Waals surface area (Å²) in [6.07, 6.45) is 2.15. The van der Waals surface area contributed by atoms with Crippen molar-refractivity contribution < 1.29 is 14.3 Å². The van der Waals surface area contributed by atoms with Crippen molar-refractivity contribution in [3.05, 3.63) is 0 Å². The Kier molecular flexibility index (Phi) is 3.84. The van der Waals surface area contributed by atoms with Crippen LogP contribution in [0.5, 0.6) is 0 Å². The monoisotopic (exact) mass is 282 g/mol. The Morgan fingerprint density at radius 2 is 1.90 bits per heavy atom. The molecule has 0 aromatic rings. The van der Waals surface area contributed by atoms with E-state index in [0.29, 0.717) is 13.2 Å². The van der Waals surface area contributed by atoms with Gasteiger partial charge in [0.25, 0.3) is 0 Å². The lowest BCUT2D eigenvalue weighted by atomic mass is 9.84. The molecule has 1 aliphatic carbocycles. The maximum absolute atomic E-state index is 12.7. The highest BCUT2D eigenvalue weighted by molar-refractivity contribution is 6.02. The molecule has 0 radical (unpaired) electrons. The number of rotatable bonds is 5. The van der Waals surface area contributed by atoms with Crippen molar-refractivity contribution in [2.24, 2.45) is 5.92 Å². The second-order valence-electron chi connectivity index (χ2n) is 6.88. The van der Waals surface area contributed by atoms with Gasteiger partial charge < -0.3 is 15.0 Å². The van der Waals surface area contributed by atoms with Gasteiger partial charge >= 0.3 is 0 Å². The first-order valence-corrected chi connectivity index (χ1v) is 7.46. The van der Waals surface area contributed by atoms with E-state index in [1.165, 1.54) is 0 Å². The van der Waals surface area contributed by atoms with Crippen LogP contribution in [0.3, 0.4) is 0 Å². The van der Waals surface area contributed by atoms with Gasteiger partial charge in [0.05, 0.1) is 12.7 Å². The minimum absolute atomic E-state index is 0.0149. The third-order valence-corrected chi connectivity index (χ3v) is 4.36. The first-order valence-electron chi connectivity index (χ1n) is 7.46. The SMILES string of the molecule is CC(C)OCCN1C(=O)C(C)(C)NC(=O)C1(C)C1CC1. The summed E-state index contributed by atoms with van der Waals surface area (Å²) in [5.74, 6) is 0.231. The van der Waals surface area contributed by atoms with Gasteiger partial charge in [-0.05, 0) is 53.4 Å². The first-order chi connectivity index (χ1) is 9.19. The Morgan fingerprint density at radius 1 is 1.30 bits per heavy atom. The molecule has 2 rings (SSSR count). The van der Waals surface area contributed by atoms with Crippen LogP contribution in [-0.4, -0.2) is 47.0 Å². The predicted octanol–water partition coefficient (Wildman–Crippen LogP) is 1.32. The highest BCUT2D eigenvalue weighted by atomic mass is 16.5. The maximum Gasteiger partial charge on any atom is 0.248 e. The third kappa shape index (κ3) is 2.55. The molecule has 1 N–H and O–H groups in total. The van der Waals surface area contributed by atoms with Crippen LogP contribution in [0.1, 0.15) is 47.5 Å². The summed E-state index contributed by atoms with van der Waals surface area (Å²) in [5, 5.41) is 2.88. The standard InChI is InChI=1S/C15H26N2O3/c1-10(2)20-9-8-17-13(19)14(3,4)16-12(18)15(17,5)11-6-7-11/h10-11H,6-9H2,1-5H3,(H,16,18). The number of hydrogen-bond acceptors (Lipinski definition) is 3. The molecular formula is C15H26N2O3. The minimum atomic E-state index is -0.830. The summed E-state index contributed by atoms with van der Waals surface area (Å²) < 4.78 is 5.56. The van der Waals surface area contributed by atoms with Crippen LogP contribution in [0, 0.1) is 5.92 Å². The Hall–Kier alpha value is -1.10. The van der Waals surface area contributed by atoms with Crippen LogP contribution in [-0.2, 0) is 14.3 Å². The number of carbonyl (C=O) groups excluding carboxylic acids is 2. The van der Waals surface area contributed by atoms with Gasteiger partial charge in [-0.1, -0.05) is 0 Å². The van der Waals surface area contributed by atoms with Crippen molar-refractivity contribution in [2.45, 2.75) is 64.6 Å². The first kappa shape index (κ1) is 15.3. The van der Waals surface area contributed by atoms with E-state index in [0.717, 1.165) is 12.8 Å². The minimum Gasteiger partial charge on any atom is -0.377 e. The van der Waals surface area contributed by atoms with Crippen molar-refractivity contribution in [3.63, 3.8) is 0 Å². The molecule has 1 saturated heterocycles. The highest BCUT2D eigenvalue weighted by Crippen LogP contribution is 2.45. The lowest BCUT2D eigenvalue weighted by molar-refractivity contribution is -0.163. The van der Waals surface area contributed by atoms with Gasteiger partial charge in [0.2, 0.25) is 11.8 Å². The normalized spacial score (nSPS) is 29.8. The van der Waals surface area contributed by atoms with E-state index in [1.54, 1.807) is 18.7 Å². The lowest BCUT2D eigenvalue weighted by Gasteiger charge is -2.49. The van der Waals surface area contributed by atoms with Gasteiger partial charge in [0.1, 0.15) is 11.1 Å². The predicted molar refractivity (Wildman–Crippen MR) is 76.2 cm³/mol. The molecule has 114 valence electrons. The zero-order valence-electron chi connectivity index (χ0n) is 13.2. The molecule has 2 fully saturated rings. The van der Waals surface area contributed by atoms with E-state index < -0.39 is 11.1 Å². The fourth-order valence-corrected chi connectivity index (χ4v) is 2.90. The van der Waals surface area contributed by atoms with Crippen LogP contribution in [0.4, 0.5) is 0 Å². The molecular weight excluding hydrogens is 256 g/mol. The fraction of sp³-hybridized carbons (Fsp3) is 0.867. The Bertz CT molecular complexity index is 415. The summed E-state index contributed by atoms with van der Waals surface area (Å²) in [4.78, 5) is 26.9. The van der Waals surface area contributed by atoms with E-state index in [4.69, 9.17) is 4.74 Å². The fourth-order valence-electron chi connectivity index (χ4n) is 2.90. The molecule has 1 atom stereocenters. The molecule has 5 nitrogen and oxygen atoms in total. The molecule has 5 heteroatoms. The molecule has 20 heavy (non-hydrogen) atoms. The van der Waals surface area contributed by atoms with Crippen LogP contribution in [0.15, 0.2) is 0 Å². The molecule has 2 amide bonds. The van der Waals surface area contributed by atoms with E-state index in [-0.39, 0.29) is 23.8 Å². The second-order valence-corrected chi connectivity index (χ2v) is 6.88. The molecule has 0 bridgehead atoms. The molecule has 1 saturated carbocycles.